The number of sulfonamides is 1. The molecule has 2 aromatic carbocycles. The number of aryl methyl sites for hydroxylation is 1. The highest BCUT2D eigenvalue weighted by molar-refractivity contribution is 9.10. The van der Waals surface area contributed by atoms with E-state index in [0.717, 1.165) is 10.0 Å². The van der Waals surface area contributed by atoms with E-state index in [4.69, 9.17) is 4.74 Å². The van der Waals surface area contributed by atoms with Gasteiger partial charge in [0.2, 0.25) is 10.0 Å². The van der Waals surface area contributed by atoms with Gasteiger partial charge in [-0.2, -0.15) is 4.31 Å². The van der Waals surface area contributed by atoms with Crippen LogP contribution >= 0.6 is 15.9 Å². The van der Waals surface area contributed by atoms with Crippen molar-refractivity contribution in [1.29, 1.82) is 0 Å². The second kappa shape index (κ2) is 8.63. The maximum absolute atomic E-state index is 12.8. The third-order valence-electron chi connectivity index (χ3n) is 4.68. The Bertz CT molecular complexity index is 922. The molecule has 0 saturated carbocycles. The quantitative estimate of drug-likeness (QED) is 0.678. The van der Waals surface area contributed by atoms with Crippen LogP contribution in [0.4, 0.5) is 0 Å². The Balaban J connectivity index is 1.58. The molecule has 1 atom stereocenters. The van der Waals surface area contributed by atoms with Crippen LogP contribution in [0.25, 0.3) is 0 Å². The Morgan fingerprint density at radius 1 is 1.00 bits per heavy atom. The maximum atomic E-state index is 12.8. The van der Waals surface area contributed by atoms with Gasteiger partial charge >= 0.3 is 0 Å². The standard InChI is InChI=1S/C20H23BrN2O4S/c1-15-3-9-19(10-4-15)28(25,26)23-13-11-22(12-14-23)20(24)16(2)27-18-7-5-17(21)6-8-18/h3-10,16H,11-14H2,1-2H3. The zero-order chi connectivity index (χ0) is 20.3. The summed E-state index contributed by atoms with van der Waals surface area (Å²) in [6.07, 6.45) is -0.638. The van der Waals surface area contributed by atoms with Gasteiger partial charge < -0.3 is 9.64 Å². The van der Waals surface area contributed by atoms with Crippen molar-refractivity contribution in [2.75, 3.05) is 26.2 Å². The summed E-state index contributed by atoms with van der Waals surface area (Å²) in [6, 6.07) is 14.1. The molecule has 0 radical (unpaired) electrons. The van der Waals surface area contributed by atoms with Gasteiger partial charge in [0.1, 0.15) is 5.75 Å². The van der Waals surface area contributed by atoms with Crippen molar-refractivity contribution in [2.24, 2.45) is 0 Å². The first-order valence-electron chi connectivity index (χ1n) is 9.05. The highest BCUT2D eigenvalue weighted by atomic mass is 79.9. The van der Waals surface area contributed by atoms with Crippen LogP contribution in [-0.4, -0.2) is 55.8 Å². The molecule has 1 fully saturated rings. The predicted molar refractivity (Wildman–Crippen MR) is 111 cm³/mol. The number of piperazine rings is 1. The highest BCUT2D eigenvalue weighted by Gasteiger charge is 2.31. The molecule has 1 aliphatic heterocycles. The van der Waals surface area contributed by atoms with E-state index in [1.54, 1.807) is 48.2 Å². The van der Waals surface area contributed by atoms with Crippen LogP contribution in [0.3, 0.4) is 0 Å². The van der Waals surface area contributed by atoms with Crippen molar-refractivity contribution in [3.63, 3.8) is 0 Å². The second-order valence-electron chi connectivity index (χ2n) is 6.76. The molecule has 3 rings (SSSR count). The molecule has 0 aliphatic carbocycles. The first-order chi connectivity index (χ1) is 13.3. The average Bonchev–Trinajstić information content (AvgIpc) is 2.69. The Morgan fingerprint density at radius 2 is 1.57 bits per heavy atom. The number of ether oxygens (including phenoxy) is 1. The topological polar surface area (TPSA) is 66.9 Å². The summed E-state index contributed by atoms with van der Waals surface area (Å²) in [5.74, 6) is 0.472. The number of rotatable bonds is 5. The number of benzene rings is 2. The number of nitrogens with zero attached hydrogens (tertiary/aromatic N) is 2. The summed E-state index contributed by atoms with van der Waals surface area (Å²) in [5, 5.41) is 0. The summed E-state index contributed by atoms with van der Waals surface area (Å²) < 4.78 is 33.6. The van der Waals surface area contributed by atoms with E-state index in [1.807, 2.05) is 19.1 Å². The number of amides is 1. The first kappa shape index (κ1) is 20.8. The van der Waals surface area contributed by atoms with Crippen molar-refractivity contribution in [3.05, 3.63) is 58.6 Å². The first-order valence-corrected chi connectivity index (χ1v) is 11.3. The molecule has 28 heavy (non-hydrogen) atoms. The van der Waals surface area contributed by atoms with Gasteiger partial charge in [-0.25, -0.2) is 8.42 Å². The molecule has 1 unspecified atom stereocenters. The minimum atomic E-state index is -3.54. The SMILES string of the molecule is Cc1ccc(S(=O)(=O)N2CCN(C(=O)C(C)Oc3ccc(Br)cc3)CC2)cc1. The van der Waals surface area contributed by atoms with Crippen molar-refractivity contribution < 1.29 is 17.9 Å². The Kier molecular flexibility index (Phi) is 6.42. The molecule has 2 aromatic rings. The van der Waals surface area contributed by atoms with Crippen LogP contribution in [-0.2, 0) is 14.8 Å². The van der Waals surface area contributed by atoms with E-state index in [2.05, 4.69) is 15.9 Å². The van der Waals surface area contributed by atoms with Crippen LogP contribution in [0.15, 0.2) is 57.9 Å². The zero-order valence-corrected chi connectivity index (χ0v) is 18.2. The molecule has 0 bridgehead atoms. The van der Waals surface area contributed by atoms with Crippen LogP contribution in [0, 0.1) is 6.92 Å². The molecule has 6 nitrogen and oxygen atoms in total. The third kappa shape index (κ3) is 4.74. The monoisotopic (exact) mass is 466 g/mol. The van der Waals surface area contributed by atoms with Crippen LogP contribution in [0.5, 0.6) is 5.75 Å². The lowest BCUT2D eigenvalue weighted by Crippen LogP contribution is -2.53. The van der Waals surface area contributed by atoms with Gasteiger partial charge in [-0.15, -0.1) is 0 Å². The van der Waals surface area contributed by atoms with Crippen molar-refractivity contribution >= 4 is 31.9 Å². The van der Waals surface area contributed by atoms with Gasteiger partial charge in [-0.05, 0) is 50.2 Å². The Morgan fingerprint density at radius 3 is 2.14 bits per heavy atom. The molecule has 0 N–H and O–H groups in total. The molecular weight excluding hydrogens is 444 g/mol. The number of carbonyl (C=O) groups is 1. The van der Waals surface area contributed by atoms with E-state index in [9.17, 15) is 13.2 Å². The Hall–Kier alpha value is -1.90. The summed E-state index contributed by atoms with van der Waals surface area (Å²) in [6.45, 7) is 4.86. The van der Waals surface area contributed by atoms with Crippen LogP contribution < -0.4 is 4.74 Å². The van der Waals surface area contributed by atoms with E-state index < -0.39 is 16.1 Å². The van der Waals surface area contributed by atoms with Crippen molar-refractivity contribution in [2.45, 2.75) is 24.8 Å². The number of hydrogen-bond donors (Lipinski definition) is 0. The average molecular weight is 467 g/mol. The lowest BCUT2D eigenvalue weighted by atomic mass is 10.2. The second-order valence-corrected chi connectivity index (χ2v) is 9.61. The van der Waals surface area contributed by atoms with Gasteiger partial charge in [0.25, 0.3) is 5.91 Å². The molecular formula is C20H23BrN2O4S. The summed E-state index contributed by atoms with van der Waals surface area (Å²) >= 11 is 3.36. The molecule has 150 valence electrons. The van der Waals surface area contributed by atoms with E-state index in [0.29, 0.717) is 18.8 Å². The summed E-state index contributed by atoms with van der Waals surface area (Å²) in [5.41, 5.74) is 1.01. The number of halogens is 1. The van der Waals surface area contributed by atoms with Gasteiger partial charge in [0, 0.05) is 30.7 Å². The predicted octanol–water partition coefficient (Wildman–Crippen LogP) is 3.06. The van der Waals surface area contributed by atoms with Gasteiger partial charge in [0.15, 0.2) is 6.10 Å². The van der Waals surface area contributed by atoms with Gasteiger partial charge in [-0.1, -0.05) is 33.6 Å². The summed E-state index contributed by atoms with van der Waals surface area (Å²) in [4.78, 5) is 14.6. The van der Waals surface area contributed by atoms with Crippen molar-refractivity contribution in [1.82, 2.24) is 9.21 Å². The van der Waals surface area contributed by atoms with E-state index >= 15 is 0 Å². The van der Waals surface area contributed by atoms with Crippen LogP contribution in [0.2, 0.25) is 0 Å². The lowest BCUT2D eigenvalue weighted by molar-refractivity contribution is -0.139. The smallest absolute Gasteiger partial charge is 0.263 e. The molecule has 1 aliphatic rings. The van der Waals surface area contributed by atoms with Crippen molar-refractivity contribution in [3.8, 4) is 5.75 Å². The molecule has 1 amide bonds. The fraction of sp³-hybridized carbons (Fsp3) is 0.350. The zero-order valence-electron chi connectivity index (χ0n) is 15.8. The fourth-order valence-electron chi connectivity index (χ4n) is 3.03. The van der Waals surface area contributed by atoms with Crippen LogP contribution in [0.1, 0.15) is 12.5 Å². The minimum absolute atomic E-state index is 0.143. The lowest BCUT2D eigenvalue weighted by Gasteiger charge is -2.35. The fourth-order valence-corrected chi connectivity index (χ4v) is 4.72. The molecule has 8 heteroatoms. The third-order valence-corrected chi connectivity index (χ3v) is 7.12. The van der Waals surface area contributed by atoms with E-state index in [-0.39, 0.29) is 23.9 Å². The molecule has 0 spiro atoms. The number of hydrogen-bond acceptors (Lipinski definition) is 4. The summed E-state index contributed by atoms with van der Waals surface area (Å²) in [7, 11) is -3.54. The van der Waals surface area contributed by atoms with Gasteiger partial charge in [-0.3, -0.25) is 4.79 Å². The largest absolute Gasteiger partial charge is 0.481 e. The molecule has 0 aromatic heterocycles. The van der Waals surface area contributed by atoms with E-state index in [1.165, 1.54) is 4.31 Å². The minimum Gasteiger partial charge on any atom is -0.481 e. The Labute approximate surface area is 174 Å². The van der Waals surface area contributed by atoms with Gasteiger partial charge in [0.05, 0.1) is 4.90 Å². The highest BCUT2D eigenvalue weighted by Crippen LogP contribution is 2.20. The normalized spacial score (nSPS) is 16.6. The maximum Gasteiger partial charge on any atom is 0.263 e. The molecule has 1 heterocycles. The number of carbonyl (C=O) groups excluding carboxylic acids is 1. The molecule has 1 saturated heterocycles.